The maximum atomic E-state index is 13.0. The predicted octanol–water partition coefficient (Wildman–Crippen LogP) is 2.60. The molecule has 0 spiro atoms. The summed E-state index contributed by atoms with van der Waals surface area (Å²) in [6, 6.07) is 7.51. The van der Waals surface area contributed by atoms with Gasteiger partial charge in [-0.2, -0.15) is 0 Å². The lowest BCUT2D eigenvalue weighted by atomic mass is 9.83. The Morgan fingerprint density at radius 2 is 2.07 bits per heavy atom. The van der Waals surface area contributed by atoms with Crippen LogP contribution in [0.3, 0.4) is 0 Å². The summed E-state index contributed by atoms with van der Waals surface area (Å²) in [6.07, 6.45) is 4.57. The molecule has 1 aromatic carbocycles. The minimum absolute atomic E-state index is 0.0557. The van der Waals surface area contributed by atoms with Gasteiger partial charge in [0.05, 0.1) is 19.1 Å². The van der Waals surface area contributed by atoms with Crippen LogP contribution in [0.25, 0.3) is 0 Å². The minimum atomic E-state index is -0.236. The van der Waals surface area contributed by atoms with E-state index in [1.54, 1.807) is 7.11 Å². The van der Waals surface area contributed by atoms with Crippen molar-refractivity contribution < 1.29 is 14.3 Å². The van der Waals surface area contributed by atoms with Crippen molar-refractivity contribution in [1.29, 1.82) is 0 Å². The molecule has 0 aromatic heterocycles. The maximum absolute atomic E-state index is 13.0. The summed E-state index contributed by atoms with van der Waals surface area (Å²) in [7, 11) is 1.63. The van der Waals surface area contributed by atoms with E-state index < -0.39 is 0 Å². The fraction of sp³-hybridized carbons (Fsp3) is 0.636. The highest BCUT2D eigenvalue weighted by molar-refractivity contribution is 5.85. The van der Waals surface area contributed by atoms with Crippen LogP contribution < -0.4 is 10.1 Å². The highest BCUT2D eigenvalue weighted by Gasteiger charge is 2.39. The number of hydrogen-bond acceptors (Lipinski definition) is 4. The Labute approximate surface area is 168 Å². The molecule has 2 saturated heterocycles. The van der Waals surface area contributed by atoms with Crippen LogP contribution in [0, 0.1) is 5.92 Å². The van der Waals surface area contributed by atoms with Crippen molar-refractivity contribution in [3.8, 4) is 5.75 Å². The van der Waals surface area contributed by atoms with Crippen LogP contribution in [0.15, 0.2) is 24.3 Å². The Morgan fingerprint density at radius 1 is 1.29 bits per heavy atom. The van der Waals surface area contributed by atoms with Crippen molar-refractivity contribution in [2.75, 3.05) is 39.8 Å². The molecule has 6 nitrogen and oxygen atoms in total. The van der Waals surface area contributed by atoms with Gasteiger partial charge >= 0.3 is 0 Å². The van der Waals surface area contributed by atoms with E-state index in [9.17, 15) is 9.59 Å². The van der Waals surface area contributed by atoms with Gasteiger partial charge in [-0.3, -0.25) is 9.59 Å². The molecule has 0 radical (unpaired) electrons. The van der Waals surface area contributed by atoms with Gasteiger partial charge in [0.25, 0.3) is 0 Å². The van der Waals surface area contributed by atoms with Crippen LogP contribution in [-0.2, 0) is 9.59 Å². The van der Waals surface area contributed by atoms with Gasteiger partial charge in [-0.1, -0.05) is 12.1 Å². The first kappa shape index (κ1) is 20.6. The van der Waals surface area contributed by atoms with Crippen molar-refractivity contribution >= 4 is 11.8 Å². The van der Waals surface area contributed by atoms with E-state index in [1.807, 2.05) is 36.1 Å². The van der Waals surface area contributed by atoms with Crippen LogP contribution in [0.5, 0.6) is 5.75 Å². The summed E-state index contributed by atoms with van der Waals surface area (Å²) in [5, 5.41) is 3.13. The summed E-state index contributed by atoms with van der Waals surface area (Å²) < 4.78 is 5.36. The number of hydrogen-bond donors (Lipinski definition) is 1. The lowest BCUT2D eigenvalue weighted by Gasteiger charge is -2.40. The molecule has 2 aliphatic heterocycles. The molecule has 2 aliphatic rings. The molecule has 2 heterocycles. The zero-order chi connectivity index (χ0) is 19.9. The maximum Gasteiger partial charge on any atom is 0.225 e. The van der Waals surface area contributed by atoms with Crippen LogP contribution in [-0.4, -0.2) is 61.4 Å². The normalized spacial score (nSPS) is 23.1. The number of carbonyl (C=O) groups excluding carboxylic acids is 2. The first-order valence-electron chi connectivity index (χ1n) is 10.6. The molecule has 154 valence electrons. The predicted molar refractivity (Wildman–Crippen MR) is 109 cm³/mol. The molecule has 3 rings (SSSR count). The van der Waals surface area contributed by atoms with Gasteiger partial charge in [-0.25, -0.2) is 0 Å². The van der Waals surface area contributed by atoms with Gasteiger partial charge in [0, 0.05) is 19.5 Å². The highest BCUT2D eigenvalue weighted by Crippen LogP contribution is 2.37. The van der Waals surface area contributed by atoms with Gasteiger partial charge in [-0.15, -0.1) is 0 Å². The molecule has 28 heavy (non-hydrogen) atoms. The van der Waals surface area contributed by atoms with Crippen molar-refractivity contribution in [3.63, 3.8) is 0 Å². The standard InChI is InChI=1S/C22H33N3O3/c1-3-25-20(26)11-10-19(21(25)17-8-6-9-18(16-17)28-2)22(27)23-12-7-15-24-13-4-5-14-24/h6,8-9,16,19,21H,3-5,7,10-15H2,1-2H3,(H,23,27)/t19-,21+/m1/s1. The summed E-state index contributed by atoms with van der Waals surface area (Å²) in [4.78, 5) is 29.8. The number of methoxy groups -OCH3 is 1. The smallest absolute Gasteiger partial charge is 0.225 e. The first-order valence-corrected chi connectivity index (χ1v) is 10.6. The van der Waals surface area contributed by atoms with E-state index in [0.29, 0.717) is 25.9 Å². The SMILES string of the molecule is CCN1C(=O)CC[C@@H](C(=O)NCCCN2CCCC2)[C@@H]1c1cccc(OC)c1. The Kier molecular flexibility index (Phi) is 7.31. The Hall–Kier alpha value is -2.08. The first-order chi connectivity index (χ1) is 13.6. The van der Waals surface area contributed by atoms with E-state index in [4.69, 9.17) is 4.74 Å². The Balaban J connectivity index is 1.67. The molecule has 0 saturated carbocycles. The summed E-state index contributed by atoms with van der Waals surface area (Å²) in [5.41, 5.74) is 0.964. The third-order valence-corrected chi connectivity index (χ3v) is 5.97. The van der Waals surface area contributed by atoms with E-state index in [2.05, 4.69) is 10.2 Å². The van der Waals surface area contributed by atoms with Gasteiger partial charge < -0.3 is 19.9 Å². The number of rotatable bonds is 8. The summed E-state index contributed by atoms with van der Waals surface area (Å²) in [6.45, 7) is 6.67. The van der Waals surface area contributed by atoms with Crippen LogP contribution in [0.2, 0.25) is 0 Å². The van der Waals surface area contributed by atoms with Crippen molar-refractivity contribution in [2.24, 2.45) is 5.92 Å². The number of ether oxygens (including phenoxy) is 1. The second-order valence-electron chi connectivity index (χ2n) is 7.74. The molecular weight excluding hydrogens is 354 g/mol. The molecule has 6 heteroatoms. The molecule has 1 N–H and O–H groups in total. The zero-order valence-electron chi connectivity index (χ0n) is 17.2. The highest BCUT2D eigenvalue weighted by atomic mass is 16.5. The second kappa shape index (κ2) is 9.92. The van der Waals surface area contributed by atoms with Crippen LogP contribution >= 0.6 is 0 Å². The van der Waals surface area contributed by atoms with E-state index in [-0.39, 0.29) is 23.8 Å². The number of amides is 2. The Bertz CT molecular complexity index is 673. The lowest BCUT2D eigenvalue weighted by molar-refractivity contribution is -0.143. The largest absolute Gasteiger partial charge is 0.497 e. The van der Waals surface area contributed by atoms with E-state index in [0.717, 1.165) is 24.3 Å². The lowest BCUT2D eigenvalue weighted by Crippen LogP contribution is -2.48. The summed E-state index contributed by atoms with van der Waals surface area (Å²) >= 11 is 0. The van der Waals surface area contributed by atoms with Gasteiger partial charge in [-0.05, 0) is 69.9 Å². The molecule has 0 unspecified atom stereocenters. The second-order valence-corrected chi connectivity index (χ2v) is 7.74. The fourth-order valence-corrected chi connectivity index (χ4v) is 4.49. The minimum Gasteiger partial charge on any atom is -0.497 e. The summed E-state index contributed by atoms with van der Waals surface area (Å²) in [5.74, 6) is 0.696. The fourth-order valence-electron chi connectivity index (χ4n) is 4.49. The number of nitrogens with one attached hydrogen (secondary N) is 1. The molecule has 2 fully saturated rings. The molecule has 2 atom stereocenters. The average Bonchev–Trinajstić information content (AvgIpc) is 3.24. The average molecular weight is 388 g/mol. The number of carbonyl (C=O) groups is 2. The molecule has 2 amide bonds. The third kappa shape index (κ3) is 4.85. The van der Waals surface area contributed by atoms with Crippen molar-refractivity contribution in [3.05, 3.63) is 29.8 Å². The van der Waals surface area contributed by atoms with E-state index in [1.165, 1.54) is 25.9 Å². The number of benzene rings is 1. The van der Waals surface area contributed by atoms with Gasteiger partial charge in [0.1, 0.15) is 5.75 Å². The van der Waals surface area contributed by atoms with Crippen molar-refractivity contribution in [1.82, 2.24) is 15.1 Å². The number of likely N-dealkylation sites (tertiary alicyclic amines) is 2. The van der Waals surface area contributed by atoms with Crippen LogP contribution in [0.1, 0.15) is 50.6 Å². The number of nitrogens with zero attached hydrogens (tertiary/aromatic N) is 2. The number of piperidine rings is 1. The van der Waals surface area contributed by atoms with E-state index >= 15 is 0 Å². The third-order valence-electron chi connectivity index (χ3n) is 5.97. The molecule has 0 aliphatic carbocycles. The molecular formula is C22H33N3O3. The quantitative estimate of drug-likeness (QED) is 0.697. The Morgan fingerprint density at radius 3 is 2.79 bits per heavy atom. The zero-order valence-corrected chi connectivity index (χ0v) is 17.2. The molecule has 0 bridgehead atoms. The van der Waals surface area contributed by atoms with Gasteiger partial charge in [0.15, 0.2) is 0 Å². The van der Waals surface area contributed by atoms with Crippen molar-refractivity contribution in [2.45, 2.75) is 45.1 Å². The van der Waals surface area contributed by atoms with Crippen LogP contribution in [0.4, 0.5) is 0 Å². The van der Waals surface area contributed by atoms with Gasteiger partial charge in [0.2, 0.25) is 11.8 Å². The topological polar surface area (TPSA) is 61.9 Å². The monoisotopic (exact) mass is 387 g/mol. The molecule has 1 aromatic rings.